The Labute approximate surface area is 133 Å². The van der Waals surface area contributed by atoms with Crippen molar-refractivity contribution < 1.29 is 9.13 Å². The normalized spacial score (nSPS) is 12.0. The summed E-state index contributed by atoms with van der Waals surface area (Å²) in [7, 11) is 0. The number of anilines is 1. The van der Waals surface area contributed by atoms with E-state index in [1.807, 2.05) is 26.0 Å². The Morgan fingerprint density at radius 1 is 1.14 bits per heavy atom. The fourth-order valence-corrected chi connectivity index (χ4v) is 2.30. The van der Waals surface area contributed by atoms with Gasteiger partial charge in [0.2, 0.25) is 0 Å². The van der Waals surface area contributed by atoms with Gasteiger partial charge in [-0.1, -0.05) is 29.3 Å². The van der Waals surface area contributed by atoms with Crippen LogP contribution >= 0.6 is 23.2 Å². The van der Waals surface area contributed by atoms with Crippen molar-refractivity contribution in [2.24, 2.45) is 0 Å². The molecule has 0 fully saturated rings. The van der Waals surface area contributed by atoms with Gasteiger partial charge in [0.15, 0.2) is 0 Å². The van der Waals surface area contributed by atoms with E-state index >= 15 is 0 Å². The van der Waals surface area contributed by atoms with Crippen molar-refractivity contribution in [1.82, 2.24) is 0 Å². The number of benzene rings is 2. The Hall–Kier alpha value is -1.45. The van der Waals surface area contributed by atoms with E-state index in [2.05, 4.69) is 5.32 Å². The third-order valence-corrected chi connectivity index (χ3v) is 3.80. The van der Waals surface area contributed by atoms with E-state index in [1.165, 1.54) is 12.1 Å². The molecule has 0 aliphatic heterocycles. The summed E-state index contributed by atoms with van der Waals surface area (Å²) >= 11 is 11.9. The second-order valence-electron chi connectivity index (χ2n) is 4.61. The van der Waals surface area contributed by atoms with Gasteiger partial charge in [0.1, 0.15) is 11.6 Å². The van der Waals surface area contributed by atoms with Gasteiger partial charge < -0.3 is 10.1 Å². The van der Waals surface area contributed by atoms with E-state index in [-0.39, 0.29) is 11.9 Å². The van der Waals surface area contributed by atoms with Crippen LogP contribution in [0.4, 0.5) is 10.1 Å². The Morgan fingerprint density at radius 2 is 1.90 bits per heavy atom. The van der Waals surface area contributed by atoms with Crippen LogP contribution in [0.2, 0.25) is 10.0 Å². The lowest BCUT2D eigenvalue weighted by atomic mass is 10.1. The molecule has 0 aromatic heterocycles. The minimum absolute atomic E-state index is 0.0237. The molecule has 0 bridgehead atoms. The number of nitrogens with one attached hydrogen (secondary N) is 1. The summed E-state index contributed by atoms with van der Waals surface area (Å²) in [4.78, 5) is 0. The smallest absolute Gasteiger partial charge is 0.145 e. The van der Waals surface area contributed by atoms with Crippen molar-refractivity contribution in [3.63, 3.8) is 0 Å². The van der Waals surface area contributed by atoms with E-state index in [1.54, 1.807) is 12.1 Å². The Morgan fingerprint density at radius 3 is 2.57 bits per heavy atom. The predicted octanol–water partition coefficient (Wildman–Crippen LogP) is 5.70. The average Bonchev–Trinajstić information content (AvgIpc) is 2.45. The van der Waals surface area contributed by atoms with E-state index in [0.717, 1.165) is 11.3 Å². The molecular weight excluding hydrogens is 312 g/mol. The molecule has 0 radical (unpaired) electrons. The first kappa shape index (κ1) is 15.9. The van der Waals surface area contributed by atoms with Crippen molar-refractivity contribution >= 4 is 28.9 Å². The molecule has 1 atom stereocenters. The lowest BCUT2D eigenvalue weighted by molar-refractivity contribution is 0.339. The molecule has 2 aromatic carbocycles. The summed E-state index contributed by atoms with van der Waals surface area (Å²) in [6.45, 7) is 4.31. The maximum atomic E-state index is 13.3. The van der Waals surface area contributed by atoms with E-state index in [9.17, 15) is 4.39 Å². The molecule has 0 saturated carbocycles. The van der Waals surface area contributed by atoms with Crippen molar-refractivity contribution in [2.45, 2.75) is 19.9 Å². The highest BCUT2D eigenvalue weighted by Gasteiger charge is 2.11. The molecule has 2 nitrogen and oxygen atoms in total. The van der Waals surface area contributed by atoms with Crippen LogP contribution in [0, 0.1) is 5.82 Å². The van der Waals surface area contributed by atoms with Crippen molar-refractivity contribution in [2.75, 3.05) is 11.9 Å². The monoisotopic (exact) mass is 327 g/mol. The summed E-state index contributed by atoms with van der Waals surface area (Å²) in [5.41, 5.74) is 1.72. The van der Waals surface area contributed by atoms with Crippen LogP contribution in [-0.2, 0) is 0 Å². The second kappa shape index (κ2) is 7.01. The van der Waals surface area contributed by atoms with Crippen LogP contribution in [0.1, 0.15) is 25.5 Å². The maximum Gasteiger partial charge on any atom is 0.145 e. The van der Waals surface area contributed by atoms with Gasteiger partial charge in [-0.2, -0.15) is 0 Å². The SMILES string of the molecule is CCOc1cc(F)ccc1NC(C)c1ccc(Cl)c(Cl)c1. The summed E-state index contributed by atoms with van der Waals surface area (Å²) < 4.78 is 18.7. The third kappa shape index (κ3) is 4.02. The molecule has 0 saturated heterocycles. The molecule has 2 aromatic rings. The molecule has 0 heterocycles. The number of rotatable bonds is 5. The zero-order valence-electron chi connectivity index (χ0n) is 11.8. The molecule has 0 amide bonds. The van der Waals surface area contributed by atoms with Crippen LogP contribution in [0.5, 0.6) is 5.75 Å². The first-order chi connectivity index (χ1) is 10.0. The molecule has 1 N–H and O–H groups in total. The number of hydrogen-bond donors (Lipinski definition) is 1. The first-order valence-corrected chi connectivity index (χ1v) is 7.40. The van der Waals surface area contributed by atoms with Gasteiger partial charge in [-0.3, -0.25) is 0 Å². The number of halogens is 3. The Kier molecular flexibility index (Phi) is 5.32. The topological polar surface area (TPSA) is 21.3 Å². The molecule has 0 spiro atoms. The highest BCUT2D eigenvalue weighted by atomic mass is 35.5. The van der Waals surface area contributed by atoms with Gasteiger partial charge in [-0.25, -0.2) is 4.39 Å². The lowest BCUT2D eigenvalue weighted by Gasteiger charge is -2.19. The van der Waals surface area contributed by atoms with Gasteiger partial charge in [0.25, 0.3) is 0 Å². The number of ether oxygens (including phenoxy) is 1. The summed E-state index contributed by atoms with van der Waals surface area (Å²) in [6.07, 6.45) is 0. The molecular formula is C16H16Cl2FNO. The van der Waals surface area contributed by atoms with Crippen LogP contribution in [0.25, 0.3) is 0 Å². The highest BCUT2D eigenvalue weighted by molar-refractivity contribution is 6.42. The Balaban J connectivity index is 2.22. The van der Waals surface area contributed by atoms with E-state index in [0.29, 0.717) is 22.4 Å². The van der Waals surface area contributed by atoms with Crippen molar-refractivity contribution in [3.8, 4) is 5.75 Å². The lowest BCUT2D eigenvalue weighted by Crippen LogP contribution is -2.08. The van der Waals surface area contributed by atoms with Gasteiger partial charge in [0, 0.05) is 12.1 Å². The molecule has 1 unspecified atom stereocenters. The maximum absolute atomic E-state index is 13.3. The van der Waals surface area contributed by atoms with Crippen LogP contribution in [0.15, 0.2) is 36.4 Å². The zero-order chi connectivity index (χ0) is 15.4. The van der Waals surface area contributed by atoms with Crippen molar-refractivity contribution in [3.05, 3.63) is 57.8 Å². The molecule has 21 heavy (non-hydrogen) atoms. The van der Waals surface area contributed by atoms with Crippen molar-refractivity contribution in [1.29, 1.82) is 0 Å². The fourth-order valence-electron chi connectivity index (χ4n) is 1.99. The molecule has 112 valence electrons. The molecule has 2 rings (SSSR count). The van der Waals surface area contributed by atoms with Gasteiger partial charge in [-0.15, -0.1) is 0 Å². The molecule has 0 aliphatic carbocycles. The van der Waals surface area contributed by atoms with Gasteiger partial charge in [0.05, 0.1) is 22.3 Å². The fraction of sp³-hybridized carbons (Fsp3) is 0.250. The third-order valence-electron chi connectivity index (χ3n) is 3.06. The van der Waals surface area contributed by atoms with Crippen LogP contribution < -0.4 is 10.1 Å². The predicted molar refractivity (Wildman–Crippen MR) is 86.1 cm³/mol. The van der Waals surface area contributed by atoms with E-state index < -0.39 is 0 Å². The minimum Gasteiger partial charge on any atom is -0.492 e. The Bertz CT molecular complexity index is 634. The minimum atomic E-state index is -0.328. The summed E-state index contributed by atoms with van der Waals surface area (Å²) in [6, 6.07) is 9.87. The van der Waals surface area contributed by atoms with E-state index in [4.69, 9.17) is 27.9 Å². The van der Waals surface area contributed by atoms with Gasteiger partial charge in [-0.05, 0) is 43.7 Å². The number of hydrogen-bond acceptors (Lipinski definition) is 2. The molecule has 0 aliphatic rings. The summed E-state index contributed by atoms with van der Waals surface area (Å²) in [5.74, 6) is 0.163. The summed E-state index contributed by atoms with van der Waals surface area (Å²) in [5, 5.41) is 4.32. The average molecular weight is 328 g/mol. The second-order valence-corrected chi connectivity index (χ2v) is 5.43. The first-order valence-electron chi connectivity index (χ1n) is 6.65. The largest absolute Gasteiger partial charge is 0.492 e. The highest BCUT2D eigenvalue weighted by Crippen LogP contribution is 2.31. The van der Waals surface area contributed by atoms with Crippen LogP contribution in [0.3, 0.4) is 0 Å². The zero-order valence-corrected chi connectivity index (χ0v) is 13.3. The quantitative estimate of drug-likeness (QED) is 0.760. The van der Waals surface area contributed by atoms with Crippen LogP contribution in [-0.4, -0.2) is 6.61 Å². The molecule has 5 heteroatoms. The standard InChI is InChI=1S/C16H16Cl2FNO/c1-3-21-16-9-12(19)5-7-15(16)20-10(2)11-4-6-13(17)14(18)8-11/h4-10,20H,3H2,1-2H3. The van der Waals surface area contributed by atoms with Gasteiger partial charge >= 0.3 is 0 Å².